The molecule has 0 fully saturated rings. The Hall–Kier alpha value is -1.76. The first-order chi connectivity index (χ1) is 10.3. The molecule has 4 N–H and O–H groups in total. The molecule has 0 bridgehead atoms. The first-order valence-electron chi connectivity index (χ1n) is 6.72. The van der Waals surface area contributed by atoms with Crippen LogP contribution in [0.2, 0.25) is 0 Å². The summed E-state index contributed by atoms with van der Waals surface area (Å²) in [5.74, 6) is -2.53. The number of nitrogens with zero attached hydrogens (tertiary/aromatic N) is 1. The number of aliphatic carboxylic acids is 2. The lowest BCUT2D eigenvalue weighted by Gasteiger charge is -2.25. The van der Waals surface area contributed by atoms with Crippen molar-refractivity contribution in [2.45, 2.75) is 37.9 Å². The molecule has 1 heterocycles. The maximum Gasteiger partial charge on any atom is 0.321 e. The summed E-state index contributed by atoms with van der Waals surface area (Å²) < 4.78 is 12.5. The van der Waals surface area contributed by atoms with Crippen LogP contribution in [0.1, 0.15) is 37.4 Å². The minimum Gasteiger partial charge on any atom is -0.481 e. The molecule has 0 aliphatic heterocycles. The van der Waals surface area contributed by atoms with E-state index in [1.165, 1.54) is 12.4 Å². The lowest BCUT2D eigenvalue weighted by atomic mass is 10.2. The zero-order valence-electron chi connectivity index (χ0n) is 12.0. The molecule has 0 amide bonds. The summed E-state index contributed by atoms with van der Waals surface area (Å²) >= 11 is 0. The molecule has 0 spiro atoms. The number of hydrogen-bond acceptors (Lipinski definition) is 4. The third-order valence-electron chi connectivity index (χ3n) is 3.16. The molecule has 1 aromatic heterocycles. The average Bonchev–Trinajstić information content (AvgIpc) is 2.44. The Labute approximate surface area is 127 Å². The molecule has 9 heteroatoms. The number of carboxylic acid groups (broad SMARTS) is 2. The van der Waals surface area contributed by atoms with E-state index in [0.717, 1.165) is 0 Å². The van der Waals surface area contributed by atoms with Gasteiger partial charge < -0.3 is 15.1 Å². The summed E-state index contributed by atoms with van der Waals surface area (Å²) in [6.07, 6.45) is 2.59. The molecule has 1 aromatic rings. The van der Waals surface area contributed by atoms with Gasteiger partial charge in [-0.3, -0.25) is 19.1 Å². The quantitative estimate of drug-likeness (QED) is 0.501. The van der Waals surface area contributed by atoms with Crippen LogP contribution in [0.25, 0.3) is 0 Å². The second kappa shape index (κ2) is 8.03. The highest BCUT2D eigenvalue weighted by Gasteiger charge is 2.35. The predicted octanol–water partition coefficient (Wildman–Crippen LogP) is 1.63. The van der Waals surface area contributed by atoms with Crippen LogP contribution < -0.4 is 5.09 Å². The van der Waals surface area contributed by atoms with Gasteiger partial charge in [-0.1, -0.05) is 13.0 Å². The Morgan fingerprint density at radius 2 is 2.09 bits per heavy atom. The van der Waals surface area contributed by atoms with E-state index in [9.17, 15) is 19.0 Å². The number of aromatic nitrogens is 1. The standard InChI is InChI=1S/C13H19N2O6P/c1-2-11(9-4-3-7-14-8-9)22(20,21)15-10(13(18)19)5-6-12(16)17/h3-4,7-8,10-11H,2,5-6H2,1H3,(H,16,17)(H,18,19)(H2,15,20,21). The van der Waals surface area contributed by atoms with Crippen molar-refractivity contribution in [2.75, 3.05) is 0 Å². The van der Waals surface area contributed by atoms with E-state index in [2.05, 4.69) is 10.1 Å². The fourth-order valence-corrected chi connectivity index (χ4v) is 4.00. The van der Waals surface area contributed by atoms with Crippen LogP contribution in [0.15, 0.2) is 24.5 Å². The molecule has 0 aromatic carbocycles. The van der Waals surface area contributed by atoms with Crippen LogP contribution in [0.4, 0.5) is 0 Å². The van der Waals surface area contributed by atoms with Crippen LogP contribution in [0, 0.1) is 0 Å². The van der Waals surface area contributed by atoms with Crippen LogP contribution in [-0.2, 0) is 14.2 Å². The lowest BCUT2D eigenvalue weighted by Crippen LogP contribution is -2.36. The Balaban J connectivity index is 2.92. The van der Waals surface area contributed by atoms with E-state index in [4.69, 9.17) is 10.2 Å². The minimum absolute atomic E-state index is 0.279. The largest absolute Gasteiger partial charge is 0.481 e. The summed E-state index contributed by atoms with van der Waals surface area (Å²) in [5, 5.41) is 19.9. The topological polar surface area (TPSA) is 137 Å². The Morgan fingerprint density at radius 3 is 2.55 bits per heavy atom. The molecule has 3 atom stereocenters. The molecule has 0 saturated heterocycles. The molecular weight excluding hydrogens is 311 g/mol. The molecule has 8 nitrogen and oxygen atoms in total. The van der Waals surface area contributed by atoms with E-state index in [-0.39, 0.29) is 6.42 Å². The summed E-state index contributed by atoms with van der Waals surface area (Å²) in [6, 6.07) is 1.85. The number of nitrogens with one attached hydrogen (secondary N) is 1. The number of carboxylic acids is 2. The van der Waals surface area contributed by atoms with Crippen molar-refractivity contribution in [3.8, 4) is 0 Å². The average molecular weight is 330 g/mol. The first kappa shape index (κ1) is 18.3. The Bertz CT molecular complexity index is 565. The van der Waals surface area contributed by atoms with Crippen LogP contribution in [0.5, 0.6) is 0 Å². The second-order valence-electron chi connectivity index (χ2n) is 4.79. The van der Waals surface area contributed by atoms with Gasteiger partial charge in [-0.25, -0.2) is 5.09 Å². The van der Waals surface area contributed by atoms with Gasteiger partial charge in [-0.15, -0.1) is 0 Å². The molecular formula is C13H19N2O6P. The molecule has 3 unspecified atom stereocenters. The minimum atomic E-state index is -4.06. The van der Waals surface area contributed by atoms with Crippen LogP contribution >= 0.6 is 7.52 Å². The summed E-state index contributed by atoms with van der Waals surface area (Å²) in [7, 11) is -4.06. The van der Waals surface area contributed by atoms with Crippen molar-refractivity contribution in [2.24, 2.45) is 0 Å². The zero-order chi connectivity index (χ0) is 16.8. The summed E-state index contributed by atoms with van der Waals surface area (Å²) in [5.41, 5.74) is -0.293. The van der Waals surface area contributed by atoms with Crippen LogP contribution in [-0.4, -0.2) is 38.1 Å². The van der Waals surface area contributed by atoms with Gasteiger partial charge in [0.25, 0.3) is 7.52 Å². The first-order valence-corrected chi connectivity index (χ1v) is 8.45. The van der Waals surface area contributed by atoms with Crippen molar-refractivity contribution >= 4 is 19.5 Å². The molecule has 0 aliphatic carbocycles. The number of rotatable bonds is 9. The summed E-state index contributed by atoms with van der Waals surface area (Å²) in [4.78, 5) is 35.8. The van der Waals surface area contributed by atoms with Gasteiger partial charge in [0.15, 0.2) is 0 Å². The van der Waals surface area contributed by atoms with Crippen LogP contribution in [0.3, 0.4) is 0 Å². The highest BCUT2D eigenvalue weighted by Crippen LogP contribution is 2.54. The van der Waals surface area contributed by atoms with Gasteiger partial charge in [-0.2, -0.15) is 0 Å². The predicted molar refractivity (Wildman–Crippen MR) is 78.5 cm³/mol. The van der Waals surface area contributed by atoms with Crippen molar-refractivity contribution in [1.29, 1.82) is 0 Å². The van der Waals surface area contributed by atoms with E-state index < -0.39 is 37.6 Å². The van der Waals surface area contributed by atoms with Gasteiger partial charge in [-0.05, 0) is 24.5 Å². The number of carbonyl (C=O) groups is 2. The molecule has 0 saturated carbocycles. The van der Waals surface area contributed by atoms with Gasteiger partial charge in [0.05, 0.1) is 5.66 Å². The van der Waals surface area contributed by atoms with Crippen molar-refractivity contribution in [3.63, 3.8) is 0 Å². The smallest absolute Gasteiger partial charge is 0.321 e. The molecule has 22 heavy (non-hydrogen) atoms. The maximum absolute atomic E-state index is 12.5. The Morgan fingerprint density at radius 1 is 1.41 bits per heavy atom. The molecule has 0 aliphatic rings. The van der Waals surface area contributed by atoms with Crippen molar-refractivity contribution in [3.05, 3.63) is 30.1 Å². The highest BCUT2D eigenvalue weighted by atomic mass is 31.2. The van der Waals surface area contributed by atoms with Crippen molar-refractivity contribution < 1.29 is 29.3 Å². The fraction of sp³-hybridized carbons (Fsp3) is 0.462. The maximum atomic E-state index is 12.5. The lowest BCUT2D eigenvalue weighted by molar-refractivity contribution is -0.140. The Kier molecular flexibility index (Phi) is 6.67. The van der Waals surface area contributed by atoms with Gasteiger partial charge in [0.2, 0.25) is 0 Å². The van der Waals surface area contributed by atoms with Gasteiger partial charge in [0, 0.05) is 18.8 Å². The molecule has 122 valence electrons. The third-order valence-corrected chi connectivity index (χ3v) is 5.35. The van der Waals surface area contributed by atoms with Gasteiger partial charge >= 0.3 is 11.9 Å². The molecule has 1 rings (SSSR count). The third kappa shape index (κ3) is 5.22. The van der Waals surface area contributed by atoms with Gasteiger partial charge in [0.1, 0.15) is 6.04 Å². The normalized spacial score (nSPS) is 16.5. The number of hydrogen-bond donors (Lipinski definition) is 4. The summed E-state index contributed by atoms with van der Waals surface area (Å²) in [6.45, 7) is 1.70. The SMILES string of the molecule is CCC(c1cccnc1)P(=O)(O)NC(CCC(=O)O)C(=O)O. The number of pyridine rings is 1. The monoisotopic (exact) mass is 330 g/mol. The fourth-order valence-electron chi connectivity index (χ4n) is 2.08. The van der Waals surface area contributed by atoms with E-state index in [1.807, 2.05) is 0 Å². The molecule has 0 radical (unpaired) electrons. The second-order valence-corrected chi connectivity index (χ2v) is 6.91. The van der Waals surface area contributed by atoms with Crippen molar-refractivity contribution in [1.82, 2.24) is 10.1 Å². The van der Waals surface area contributed by atoms with E-state index >= 15 is 0 Å². The highest BCUT2D eigenvalue weighted by molar-refractivity contribution is 7.56. The van der Waals surface area contributed by atoms with E-state index in [1.54, 1.807) is 19.1 Å². The zero-order valence-corrected chi connectivity index (χ0v) is 12.9. The van der Waals surface area contributed by atoms with E-state index in [0.29, 0.717) is 12.0 Å².